The highest BCUT2D eigenvalue weighted by atomic mass is 16.2. The minimum Gasteiger partial charge on any atom is -0.370 e. The Kier molecular flexibility index (Phi) is 20.5. The second kappa shape index (κ2) is 24.7. The fraction of sp³-hybridized carbons (Fsp3) is 0.556. The number of hydrogen-bond acceptors (Lipinski definition) is 10. The molecular weight excluding hydrogens is 710 g/mol. The zero-order valence-corrected chi connectivity index (χ0v) is 32.1. The third kappa shape index (κ3) is 17.0. The molecule has 304 valence electrons. The standard InChI is InChI=1S/C36H59N13O6/c1-22(2)30(49-33(53)26(14-10-16-43-36(38)39)46-32(52)25(13-8-9-15-37)45-29(50)20-40-3)35(55)48-28(18-24-19-42-21-44-24)34(54)47-27(31(51)41-4)17-23-11-6-5-7-12-23/h5-7,11-12,19,21-22,25-28,30,40H,8-10,13-18,20,37H2,1-4H3,(H,41,51)(H,42,44)(H,45,50)(H,46,52)(H,47,54)(H,48,55)(H,49,53)(H4,38,39,43)/t25-,26-,27-,28-,30?/m0/s1. The summed E-state index contributed by atoms with van der Waals surface area (Å²) in [6.07, 6.45) is 5.03. The average molecular weight is 770 g/mol. The van der Waals surface area contributed by atoms with Gasteiger partial charge in [0.15, 0.2) is 5.96 Å². The van der Waals surface area contributed by atoms with Gasteiger partial charge in [-0.05, 0) is 57.2 Å². The Morgan fingerprint density at radius 3 is 1.96 bits per heavy atom. The van der Waals surface area contributed by atoms with Crippen LogP contribution in [-0.4, -0.2) is 115 Å². The first-order valence-corrected chi connectivity index (χ1v) is 18.5. The zero-order valence-electron chi connectivity index (χ0n) is 32.1. The molecule has 14 N–H and O–H groups in total. The van der Waals surface area contributed by atoms with Gasteiger partial charge in [-0.1, -0.05) is 44.2 Å². The van der Waals surface area contributed by atoms with Gasteiger partial charge < -0.3 is 59.0 Å². The Morgan fingerprint density at radius 1 is 0.764 bits per heavy atom. The molecule has 0 saturated heterocycles. The molecule has 0 spiro atoms. The average Bonchev–Trinajstić information content (AvgIpc) is 3.67. The van der Waals surface area contributed by atoms with Crippen molar-refractivity contribution >= 4 is 41.4 Å². The molecule has 1 heterocycles. The van der Waals surface area contributed by atoms with Crippen molar-refractivity contribution in [1.82, 2.24) is 52.5 Å². The van der Waals surface area contributed by atoms with Crippen molar-refractivity contribution in [2.24, 2.45) is 17.4 Å². The summed E-state index contributed by atoms with van der Waals surface area (Å²) in [5.41, 5.74) is 12.3. The molecule has 19 heteroatoms. The van der Waals surface area contributed by atoms with Crippen LogP contribution in [0.15, 0.2) is 42.9 Å². The monoisotopic (exact) mass is 769 g/mol. The number of carbonyl (C=O) groups excluding carboxylic acids is 6. The number of likely N-dealkylation sites (N-methyl/N-ethyl adjacent to an activating group) is 2. The van der Waals surface area contributed by atoms with Crippen LogP contribution in [-0.2, 0) is 41.6 Å². The van der Waals surface area contributed by atoms with E-state index in [1.54, 1.807) is 27.1 Å². The van der Waals surface area contributed by atoms with E-state index in [0.29, 0.717) is 31.5 Å². The first kappa shape index (κ1) is 45.6. The number of nitrogens with zero attached hydrogens (tertiary/aromatic N) is 1. The lowest BCUT2D eigenvalue weighted by Gasteiger charge is -2.28. The molecule has 0 aliphatic carbocycles. The number of rotatable bonds is 25. The van der Waals surface area contributed by atoms with Crippen LogP contribution in [0.5, 0.6) is 0 Å². The van der Waals surface area contributed by atoms with E-state index in [9.17, 15) is 28.8 Å². The van der Waals surface area contributed by atoms with E-state index >= 15 is 0 Å². The number of hydrogen-bond donors (Lipinski definition) is 12. The number of aromatic nitrogens is 2. The summed E-state index contributed by atoms with van der Waals surface area (Å²) in [5.74, 6) is -4.16. The molecule has 1 unspecified atom stereocenters. The van der Waals surface area contributed by atoms with Crippen LogP contribution >= 0.6 is 0 Å². The molecule has 55 heavy (non-hydrogen) atoms. The van der Waals surface area contributed by atoms with Crippen LogP contribution in [0.3, 0.4) is 0 Å². The maximum Gasteiger partial charge on any atom is 0.243 e. The van der Waals surface area contributed by atoms with Crippen molar-refractivity contribution < 1.29 is 28.8 Å². The van der Waals surface area contributed by atoms with E-state index in [4.69, 9.17) is 16.9 Å². The lowest BCUT2D eigenvalue weighted by Crippen LogP contribution is -2.60. The van der Waals surface area contributed by atoms with Crippen LogP contribution < -0.4 is 54.0 Å². The molecule has 0 saturated carbocycles. The van der Waals surface area contributed by atoms with Crippen LogP contribution in [0.1, 0.15) is 57.2 Å². The summed E-state index contributed by atoms with van der Waals surface area (Å²) >= 11 is 0. The molecule has 0 fully saturated rings. The number of nitrogens with one attached hydrogen (secondary N) is 10. The Hall–Kier alpha value is -5.56. The van der Waals surface area contributed by atoms with Crippen LogP contribution in [0.2, 0.25) is 0 Å². The molecule has 19 nitrogen and oxygen atoms in total. The fourth-order valence-corrected chi connectivity index (χ4v) is 5.61. The van der Waals surface area contributed by atoms with Gasteiger partial charge in [0.25, 0.3) is 0 Å². The van der Waals surface area contributed by atoms with E-state index < -0.39 is 71.6 Å². The number of amides is 6. The smallest absolute Gasteiger partial charge is 0.243 e. The Morgan fingerprint density at radius 2 is 1.36 bits per heavy atom. The maximum atomic E-state index is 13.9. The summed E-state index contributed by atoms with van der Waals surface area (Å²) < 4.78 is 0. The molecule has 0 aliphatic heterocycles. The van der Waals surface area contributed by atoms with Gasteiger partial charge in [-0.25, -0.2) is 4.98 Å². The topological polar surface area (TPSA) is 303 Å². The molecule has 0 bridgehead atoms. The van der Waals surface area contributed by atoms with Crippen molar-refractivity contribution in [3.8, 4) is 0 Å². The maximum absolute atomic E-state index is 13.9. The number of nitrogens with two attached hydrogens (primary N) is 2. The van der Waals surface area contributed by atoms with Gasteiger partial charge >= 0.3 is 0 Å². The second-order valence-electron chi connectivity index (χ2n) is 13.4. The van der Waals surface area contributed by atoms with E-state index in [1.165, 1.54) is 13.4 Å². The lowest BCUT2D eigenvalue weighted by atomic mass is 10.00. The number of H-pyrrole nitrogens is 1. The molecule has 5 atom stereocenters. The van der Waals surface area contributed by atoms with E-state index in [0.717, 1.165) is 5.56 Å². The SMILES string of the molecule is CNCC(=O)N[C@@H](CCCCN)C(=O)N[C@@H](CCCNC(=N)N)C(=O)NC(C(=O)N[C@@H](Cc1c[nH]cn1)C(=O)N[C@@H](Cc1ccccc1)C(=O)NC)C(C)C. The highest BCUT2D eigenvalue weighted by Gasteiger charge is 2.34. The number of unbranched alkanes of at least 4 members (excludes halogenated alkanes) is 1. The highest BCUT2D eigenvalue weighted by molar-refractivity contribution is 5.96. The first-order chi connectivity index (χ1) is 26.3. The van der Waals surface area contributed by atoms with Gasteiger partial charge in [-0.2, -0.15) is 0 Å². The number of imidazole rings is 1. The summed E-state index contributed by atoms with van der Waals surface area (Å²) in [5, 5.41) is 29.1. The van der Waals surface area contributed by atoms with E-state index in [-0.39, 0.29) is 44.7 Å². The third-order valence-electron chi connectivity index (χ3n) is 8.56. The minimum absolute atomic E-state index is 0.0227. The number of guanidine groups is 1. The van der Waals surface area contributed by atoms with Gasteiger partial charge in [0.2, 0.25) is 35.4 Å². The molecule has 1 aromatic heterocycles. The van der Waals surface area contributed by atoms with Crippen LogP contribution in [0, 0.1) is 11.3 Å². The Labute approximate surface area is 322 Å². The molecular formula is C36H59N13O6. The Balaban J connectivity index is 2.31. The minimum atomic E-state index is -1.19. The van der Waals surface area contributed by atoms with Gasteiger partial charge in [-0.3, -0.25) is 34.2 Å². The molecule has 2 aromatic rings. The predicted octanol–water partition coefficient (Wildman–Crippen LogP) is -2.37. The molecule has 6 amide bonds. The van der Waals surface area contributed by atoms with Crippen LogP contribution in [0.4, 0.5) is 0 Å². The molecule has 0 radical (unpaired) electrons. The first-order valence-electron chi connectivity index (χ1n) is 18.5. The largest absolute Gasteiger partial charge is 0.370 e. The third-order valence-corrected chi connectivity index (χ3v) is 8.56. The summed E-state index contributed by atoms with van der Waals surface area (Å²) in [6.45, 7) is 4.03. The number of aromatic amines is 1. The summed E-state index contributed by atoms with van der Waals surface area (Å²) in [7, 11) is 3.06. The lowest BCUT2D eigenvalue weighted by molar-refractivity contribution is -0.135. The fourth-order valence-electron chi connectivity index (χ4n) is 5.61. The molecule has 2 rings (SSSR count). The van der Waals surface area contributed by atoms with Crippen molar-refractivity contribution in [1.29, 1.82) is 5.41 Å². The Bertz CT molecular complexity index is 1520. The van der Waals surface area contributed by atoms with Gasteiger partial charge in [0.05, 0.1) is 18.6 Å². The van der Waals surface area contributed by atoms with Crippen molar-refractivity contribution in [3.05, 3.63) is 54.1 Å². The van der Waals surface area contributed by atoms with E-state index in [2.05, 4.69) is 52.5 Å². The van der Waals surface area contributed by atoms with Crippen molar-refractivity contribution in [3.63, 3.8) is 0 Å². The predicted molar refractivity (Wildman–Crippen MR) is 207 cm³/mol. The quantitative estimate of drug-likeness (QED) is 0.0288. The number of benzene rings is 1. The summed E-state index contributed by atoms with van der Waals surface area (Å²) in [4.78, 5) is 87.4. The zero-order chi connectivity index (χ0) is 40.8. The normalized spacial score (nSPS) is 13.6. The summed E-state index contributed by atoms with van der Waals surface area (Å²) in [6, 6.07) is 3.73. The highest BCUT2D eigenvalue weighted by Crippen LogP contribution is 2.10. The van der Waals surface area contributed by atoms with Crippen molar-refractivity contribution in [2.45, 2.75) is 89.0 Å². The molecule has 1 aromatic carbocycles. The van der Waals surface area contributed by atoms with Crippen LogP contribution in [0.25, 0.3) is 0 Å². The van der Waals surface area contributed by atoms with Gasteiger partial charge in [0.1, 0.15) is 30.2 Å². The second-order valence-corrected chi connectivity index (χ2v) is 13.4. The molecule has 0 aliphatic rings. The van der Waals surface area contributed by atoms with Gasteiger partial charge in [0, 0.05) is 32.6 Å². The van der Waals surface area contributed by atoms with Crippen molar-refractivity contribution in [2.75, 3.05) is 33.7 Å². The van der Waals surface area contributed by atoms with Gasteiger partial charge in [-0.15, -0.1) is 0 Å². The number of carbonyl (C=O) groups is 6. The van der Waals surface area contributed by atoms with E-state index in [1.807, 2.05) is 30.3 Å².